The highest BCUT2D eigenvalue weighted by atomic mass is 35.5. The van der Waals surface area contributed by atoms with Crippen molar-refractivity contribution in [3.05, 3.63) is 35.4 Å². The number of amides is 1. The van der Waals surface area contributed by atoms with Crippen LogP contribution >= 0.6 is 12.4 Å². The smallest absolute Gasteiger partial charge is 0.350 e. The van der Waals surface area contributed by atoms with E-state index < -0.39 is 23.2 Å². The average Bonchev–Trinajstić information content (AvgIpc) is 2.43. The number of halogens is 4. The van der Waals surface area contributed by atoms with Crippen LogP contribution in [0.25, 0.3) is 0 Å². The molecule has 7 heteroatoms. The van der Waals surface area contributed by atoms with E-state index in [1.54, 1.807) is 0 Å². The van der Waals surface area contributed by atoms with Gasteiger partial charge in [0.05, 0.1) is 5.56 Å². The lowest BCUT2D eigenvalue weighted by molar-refractivity contribution is -0.137. The molecule has 0 aromatic heterocycles. The molecule has 3 N–H and O–H groups in total. The van der Waals surface area contributed by atoms with Crippen LogP contribution in [0.1, 0.15) is 42.6 Å². The van der Waals surface area contributed by atoms with Gasteiger partial charge in [0.15, 0.2) is 0 Å². The summed E-state index contributed by atoms with van der Waals surface area (Å²) in [6, 6.07) is 4.11. The van der Waals surface area contributed by atoms with Crippen molar-refractivity contribution in [1.29, 1.82) is 0 Å². The molecule has 0 unspecified atom stereocenters. The van der Waals surface area contributed by atoms with Crippen molar-refractivity contribution >= 4 is 18.3 Å². The van der Waals surface area contributed by atoms with E-state index in [1.807, 2.05) is 13.8 Å². The van der Waals surface area contributed by atoms with Crippen molar-refractivity contribution in [2.75, 3.05) is 6.54 Å². The molecule has 0 fully saturated rings. The zero-order valence-electron chi connectivity index (χ0n) is 12.0. The van der Waals surface area contributed by atoms with Crippen LogP contribution < -0.4 is 11.1 Å². The number of hydrogen-bond acceptors (Lipinski definition) is 2. The zero-order valence-corrected chi connectivity index (χ0v) is 12.8. The van der Waals surface area contributed by atoms with E-state index in [1.165, 1.54) is 0 Å². The highest BCUT2D eigenvalue weighted by Crippen LogP contribution is 2.29. The zero-order chi connectivity index (χ0) is 15.4. The maximum Gasteiger partial charge on any atom is 0.416 e. The molecule has 0 spiro atoms. The number of benzene rings is 1. The Morgan fingerprint density at radius 3 is 2.00 bits per heavy atom. The van der Waals surface area contributed by atoms with E-state index in [0.29, 0.717) is 19.4 Å². The van der Waals surface area contributed by atoms with Crippen LogP contribution in [0.4, 0.5) is 13.2 Å². The number of carbonyl (C=O) groups is 1. The molecule has 0 saturated carbocycles. The van der Waals surface area contributed by atoms with Crippen molar-refractivity contribution < 1.29 is 18.0 Å². The van der Waals surface area contributed by atoms with Gasteiger partial charge in [-0.2, -0.15) is 13.2 Å². The highest BCUT2D eigenvalue weighted by molar-refractivity contribution is 5.94. The molecule has 0 heterocycles. The SMILES string of the molecule is CCC(N)(CC)CNC(=O)c1ccc(C(F)(F)F)cc1.Cl. The van der Waals surface area contributed by atoms with Crippen LogP contribution in [0, 0.1) is 0 Å². The Balaban J connectivity index is 0.00000400. The summed E-state index contributed by atoms with van der Waals surface area (Å²) in [5.41, 5.74) is 4.97. The Morgan fingerprint density at radius 2 is 1.62 bits per heavy atom. The summed E-state index contributed by atoms with van der Waals surface area (Å²) in [7, 11) is 0. The van der Waals surface area contributed by atoms with E-state index >= 15 is 0 Å². The number of rotatable bonds is 5. The van der Waals surface area contributed by atoms with Gasteiger partial charge in [0.1, 0.15) is 0 Å². The van der Waals surface area contributed by atoms with Crippen LogP contribution in [-0.2, 0) is 6.18 Å². The van der Waals surface area contributed by atoms with Crippen LogP contribution in [0.2, 0.25) is 0 Å². The lowest BCUT2D eigenvalue weighted by Crippen LogP contribution is -2.49. The summed E-state index contributed by atoms with van der Waals surface area (Å²) < 4.78 is 37.2. The van der Waals surface area contributed by atoms with Gasteiger partial charge in [-0.3, -0.25) is 4.79 Å². The number of alkyl halides is 3. The standard InChI is InChI=1S/C14H19F3N2O.ClH/c1-3-13(18,4-2)9-19-12(20)10-5-7-11(8-6-10)14(15,16)17;/h5-8H,3-4,9,18H2,1-2H3,(H,19,20);1H. The number of carbonyl (C=O) groups excluding carboxylic acids is 1. The molecule has 1 aromatic carbocycles. The van der Waals surface area contributed by atoms with E-state index in [0.717, 1.165) is 24.3 Å². The molecular weight excluding hydrogens is 305 g/mol. The van der Waals surface area contributed by atoms with Crippen molar-refractivity contribution in [1.82, 2.24) is 5.32 Å². The minimum atomic E-state index is -4.40. The van der Waals surface area contributed by atoms with Crippen molar-refractivity contribution in [3.63, 3.8) is 0 Å². The molecule has 3 nitrogen and oxygen atoms in total. The second-order valence-corrected chi connectivity index (χ2v) is 4.83. The molecule has 0 saturated heterocycles. The summed E-state index contributed by atoms with van der Waals surface area (Å²) >= 11 is 0. The Hall–Kier alpha value is -1.27. The predicted octanol–water partition coefficient (Wildman–Crippen LogP) is 3.37. The minimum absolute atomic E-state index is 0. The normalized spacial score (nSPS) is 11.7. The minimum Gasteiger partial charge on any atom is -0.350 e. The molecule has 0 radical (unpaired) electrons. The number of nitrogens with two attached hydrogens (primary N) is 1. The molecule has 120 valence electrons. The second-order valence-electron chi connectivity index (χ2n) is 4.83. The van der Waals surface area contributed by atoms with Gasteiger partial charge < -0.3 is 11.1 Å². The third-order valence-corrected chi connectivity index (χ3v) is 3.48. The fourth-order valence-corrected chi connectivity index (χ4v) is 1.67. The first-order valence-electron chi connectivity index (χ1n) is 6.46. The Labute approximate surface area is 128 Å². The number of hydrogen-bond donors (Lipinski definition) is 2. The van der Waals surface area contributed by atoms with Gasteiger partial charge in [0, 0.05) is 17.6 Å². The molecule has 0 bridgehead atoms. The van der Waals surface area contributed by atoms with E-state index in [2.05, 4.69) is 5.32 Å². The topological polar surface area (TPSA) is 55.1 Å². The first-order valence-corrected chi connectivity index (χ1v) is 6.46. The maximum atomic E-state index is 12.4. The van der Waals surface area contributed by atoms with Crippen LogP contribution in [-0.4, -0.2) is 18.0 Å². The van der Waals surface area contributed by atoms with Gasteiger partial charge in [-0.1, -0.05) is 13.8 Å². The average molecular weight is 325 g/mol. The van der Waals surface area contributed by atoms with E-state index in [4.69, 9.17) is 5.73 Å². The molecule has 21 heavy (non-hydrogen) atoms. The summed E-state index contributed by atoms with van der Waals surface area (Å²) in [4.78, 5) is 11.8. The Bertz CT molecular complexity index is 456. The molecular formula is C14H20ClF3N2O. The predicted molar refractivity (Wildman–Crippen MR) is 78.5 cm³/mol. The third-order valence-electron chi connectivity index (χ3n) is 3.48. The lowest BCUT2D eigenvalue weighted by atomic mass is 9.94. The lowest BCUT2D eigenvalue weighted by Gasteiger charge is -2.26. The van der Waals surface area contributed by atoms with E-state index in [9.17, 15) is 18.0 Å². The summed E-state index contributed by atoms with van der Waals surface area (Å²) in [6.07, 6.45) is -2.99. The molecule has 1 aromatic rings. The highest BCUT2D eigenvalue weighted by Gasteiger charge is 2.30. The fraction of sp³-hybridized carbons (Fsp3) is 0.500. The van der Waals surface area contributed by atoms with Crippen molar-refractivity contribution in [3.8, 4) is 0 Å². The summed E-state index contributed by atoms with van der Waals surface area (Å²) in [5, 5.41) is 2.65. The molecule has 1 amide bonds. The quantitative estimate of drug-likeness (QED) is 0.872. The second kappa shape index (κ2) is 7.66. The fourth-order valence-electron chi connectivity index (χ4n) is 1.67. The Morgan fingerprint density at radius 1 is 1.14 bits per heavy atom. The van der Waals surface area contributed by atoms with Crippen molar-refractivity contribution in [2.45, 2.75) is 38.4 Å². The van der Waals surface area contributed by atoms with Gasteiger partial charge in [0.25, 0.3) is 5.91 Å². The molecule has 1 rings (SSSR count). The van der Waals surface area contributed by atoms with Gasteiger partial charge in [-0.05, 0) is 37.1 Å². The molecule has 0 aliphatic rings. The molecule has 0 atom stereocenters. The van der Waals surface area contributed by atoms with Crippen molar-refractivity contribution in [2.24, 2.45) is 5.73 Å². The van der Waals surface area contributed by atoms with Gasteiger partial charge in [-0.25, -0.2) is 0 Å². The third kappa shape index (κ3) is 5.55. The van der Waals surface area contributed by atoms with Crippen LogP contribution in [0.3, 0.4) is 0 Å². The largest absolute Gasteiger partial charge is 0.416 e. The van der Waals surface area contributed by atoms with Gasteiger partial charge >= 0.3 is 6.18 Å². The maximum absolute atomic E-state index is 12.4. The summed E-state index contributed by atoms with van der Waals surface area (Å²) in [6.45, 7) is 4.14. The van der Waals surface area contributed by atoms with Crippen LogP contribution in [0.15, 0.2) is 24.3 Å². The monoisotopic (exact) mass is 324 g/mol. The van der Waals surface area contributed by atoms with E-state index in [-0.39, 0.29) is 18.0 Å². The van der Waals surface area contributed by atoms with Gasteiger partial charge in [0.2, 0.25) is 0 Å². The summed E-state index contributed by atoms with van der Waals surface area (Å²) in [5.74, 6) is -0.421. The molecule has 0 aliphatic carbocycles. The molecule has 0 aliphatic heterocycles. The first-order chi connectivity index (χ1) is 9.22. The van der Waals surface area contributed by atoms with Gasteiger partial charge in [-0.15, -0.1) is 12.4 Å². The number of nitrogens with one attached hydrogen (secondary N) is 1. The van der Waals surface area contributed by atoms with Crippen LogP contribution in [0.5, 0.6) is 0 Å². The first kappa shape index (κ1) is 19.7. The Kier molecular flexibility index (Phi) is 7.19.